The molecule has 0 radical (unpaired) electrons. The number of ketones is 1. The molecule has 1 N–H and O–H groups in total. The van der Waals surface area contributed by atoms with E-state index in [4.69, 9.17) is 25.8 Å². The minimum atomic E-state index is -0.940. The summed E-state index contributed by atoms with van der Waals surface area (Å²) in [5.74, 6) is -0.584. The number of carbonyl (C=O) groups excluding carboxylic acids is 2. The number of hydrogen-bond acceptors (Lipinski definition) is 6. The lowest BCUT2D eigenvalue weighted by Crippen LogP contribution is -2.29. The van der Waals surface area contributed by atoms with Crippen LogP contribution in [-0.2, 0) is 9.59 Å². The van der Waals surface area contributed by atoms with Gasteiger partial charge in [0.05, 0.1) is 38.0 Å². The third-order valence-electron chi connectivity index (χ3n) is 5.84. The van der Waals surface area contributed by atoms with E-state index in [-0.39, 0.29) is 16.9 Å². The molecule has 1 atom stereocenters. The Bertz CT molecular complexity index is 1340. The lowest BCUT2D eigenvalue weighted by molar-refractivity contribution is -0.132. The predicted octanol–water partition coefficient (Wildman–Crippen LogP) is 5.77. The van der Waals surface area contributed by atoms with E-state index < -0.39 is 17.7 Å². The van der Waals surface area contributed by atoms with Crippen molar-refractivity contribution in [1.82, 2.24) is 0 Å². The summed E-state index contributed by atoms with van der Waals surface area (Å²) in [6.07, 6.45) is 0.819. The summed E-state index contributed by atoms with van der Waals surface area (Å²) in [4.78, 5) is 28.2. The first-order valence-electron chi connectivity index (χ1n) is 11.4. The molecule has 3 aromatic rings. The second-order valence-corrected chi connectivity index (χ2v) is 8.57. The highest BCUT2D eigenvalue weighted by molar-refractivity contribution is 6.51. The predicted molar refractivity (Wildman–Crippen MR) is 138 cm³/mol. The van der Waals surface area contributed by atoms with E-state index in [9.17, 15) is 14.7 Å². The van der Waals surface area contributed by atoms with Crippen molar-refractivity contribution in [1.29, 1.82) is 0 Å². The van der Waals surface area contributed by atoms with Gasteiger partial charge in [-0.25, -0.2) is 0 Å². The van der Waals surface area contributed by atoms with Gasteiger partial charge in [0.1, 0.15) is 23.0 Å². The molecule has 1 fully saturated rings. The zero-order valence-electron chi connectivity index (χ0n) is 20.2. The first-order valence-corrected chi connectivity index (χ1v) is 11.8. The highest BCUT2D eigenvalue weighted by Crippen LogP contribution is 2.44. The Kier molecular flexibility index (Phi) is 7.50. The zero-order valence-corrected chi connectivity index (χ0v) is 20.9. The largest absolute Gasteiger partial charge is 0.507 e. The second-order valence-electron chi connectivity index (χ2n) is 8.14. The number of ether oxygens (including phenoxy) is 3. The number of Topliss-reactive ketones (excluding diaryl/α,β-unsaturated/α-hetero) is 1. The van der Waals surface area contributed by atoms with Crippen molar-refractivity contribution >= 4 is 34.7 Å². The highest BCUT2D eigenvalue weighted by Gasteiger charge is 2.47. The topological polar surface area (TPSA) is 85.3 Å². The van der Waals surface area contributed by atoms with Crippen LogP contribution >= 0.6 is 11.6 Å². The number of aliphatic hydroxyl groups is 1. The lowest BCUT2D eigenvalue weighted by Gasteiger charge is -2.26. The molecule has 186 valence electrons. The maximum Gasteiger partial charge on any atom is 0.300 e. The number of halogens is 1. The van der Waals surface area contributed by atoms with E-state index in [1.807, 2.05) is 6.92 Å². The Morgan fingerprint density at radius 3 is 2.44 bits per heavy atom. The fraction of sp³-hybridized carbons (Fsp3) is 0.214. The van der Waals surface area contributed by atoms with E-state index in [1.54, 1.807) is 60.7 Å². The van der Waals surface area contributed by atoms with Gasteiger partial charge in [0.2, 0.25) is 0 Å². The van der Waals surface area contributed by atoms with E-state index in [0.29, 0.717) is 40.1 Å². The smallest absolute Gasteiger partial charge is 0.300 e. The normalized spacial score (nSPS) is 16.8. The maximum absolute atomic E-state index is 13.4. The summed E-state index contributed by atoms with van der Waals surface area (Å²) in [6.45, 7) is 2.51. The van der Waals surface area contributed by atoms with Gasteiger partial charge in [0.25, 0.3) is 11.7 Å². The third-order valence-corrected chi connectivity index (χ3v) is 6.07. The molecule has 1 heterocycles. The Hall–Kier alpha value is -3.97. The molecule has 4 rings (SSSR count). The van der Waals surface area contributed by atoms with E-state index >= 15 is 0 Å². The monoisotopic (exact) mass is 507 g/mol. The Morgan fingerprint density at radius 1 is 0.972 bits per heavy atom. The lowest BCUT2D eigenvalue weighted by atomic mass is 9.94. The van der Waals surface area contributed by atoms with Crippen LogP contribution in [0.4, 0.5) is 5.69 Å². The van der Waals surface area contributed by atoms with Gasteiger partial charge in [-0.3, -0.25) is 14.5 Å². The first-order chi connectivity index (χ1) is 17.4. The fourth-order valence-corrected chi connectivity index (χ4v) is 4.35. The van der Waals surface area contributed by atoms with Gasteiger partial charge in [-0.1, -0.05) is 36.7 Å². The second kappa shape index (κ2) is 10.7. The zero-order chi connectivity index (χ0) is 25.8. The molecule has 7 nitrogen and oxygen atoms in total. The SMILES string of the molecule is CCCOc1cccc(N2C(=O)C(=O)/C(=C(/O)c3cc(Cl)ccc3OC)C2c2cccc(OC)c2)c1. The van der Waals surface area contributed by atoms with Gasteiger partial charge >= 0.3 is 0 Å². The fourth-order valence-electron chi connectivity index (χ4n) is 4.18. The van der Waals surface area contributed by atoms with Crippen LogP contribution in [0.2, 0.25) is 5.02 Å². The summed E-state index contributed by atoms with van der Waals surface area (Å²) in [5, 5.41) is 11.8. The van der Waals surface area contributed by atoms with Crippen molar-refractivity contribution in [2.24, 2.45) is 0 Å². The quantitative estimate of drug-likeness (QED) is 0.236. The molecular weight excluding hydrogens is 482 g/mol. The molecule has 1 aliphatic rings. The van der Waals surface area contributed by atoms with Crippen LogP contribution in [0, 0.1) is 0 Å². The minimum Gasteiger partial charge on any atom is -0.507 e. The number of amides is 1. The Morgan fingerprint density at radius 2 is 1.72 bits per heavy atom. The molecule has 0 bridgehead atoms. The number of rotatable bonds is 8. The molecule has 0 spiro atoms. The number of hydrogen-bond donors (Lipinski definition) is 1. The minimum absolute atomic E-state index is 0.0892. The Labute approximate surface area is 214 Å². The molecule has 0 aliphatic carbocycles. The molecule has 36 heavy (non-hydrogen) atoms. The number of benzene rings is 3. The molecule has 1 unspecified atom stereocenters. The van der Waals surface area contributed by atoms with Crippen molar-refractivity contribution in [2.75, 3.05) is 25.7 Å². The van der Waals surface area contributed by atoms with Gasteiger partial charge in [-0.05, 0) is 54.4 Å². The van der Waals surface area contributed by atoms with Crippen LogP contribution in [0.15, 0.2) is 72.3 Å². The van der Waals surface area contributed by atoms with Crippen LogP contribution in [0.3, 0.4) is 0 Å². The summed E-state index contributed by atoms with van der Waals surface area (Å²) in [6, 6.07) is 17.7. The molecule has 1 saturated heterocycles. The standard InChI is InChI=1S/C28H26ClNO6/c1-4-13-36-21-10-6-8-19(16-21)30-25(17-7-5-9-20(14-17)34-2)24(27(32)28(30)33)26(31)22-15-18(29)11-12-23(22)35-3/h5-12,14-16,25,31H,4,13H2,1-3H3/b26-24+. The molecule has 0 saturated carbocycles. The molecule has 3 aromatic carbocycles. The number of anilines is 1. The summed E-state index contributed by atoms with van der Waals surface area (Å²) in [5.41, 5.74) is 1.15. The van der Waals surface area contributed by atoms with Gasteiger partial charge < -0.3 is 19.3 Å². The first kappa shape index (κ1) is 25.1. The van der Waals surface area contributed by atoms with Crippen LogP contribution in [-0.4, -0.2) is 37.6 Å². The van der Waals surface area contributed by atoms with Crippen molar-refractivity contribution < 1.29 is 28.9 Å². The van der Waals surface area contributed by atoms with Crippen LogP contribution in [0.25, 0.3) is 5.76 Å². The van der Waals surface area contributed by atoms with Crippen molar-refractivity contribution in [3.8, 4) is 17.2 Å². The summed E-state index contributed by atoms with van der Waals surface area (Å²) in [7, 11) is 2.97. The molecular formula is C28H26ClNO6. The highest BCUT2D eigenvalue weighted by atomic mass is 35.5. The molecule has 1 aliphatic heterocycles. The average molecular weight is 508 g/mol. The summed E-state index contributed by atoms with van der Waals surface area (Å²) >= 11 is 6.18. The van der Waals surface area contributed by atoms with Crippen LogP contribution in [0.5, 0.6) is 17.2 Å². The van der Waals surface area contributed by atoms with Crippen LogP contribution < -0.4 is 19.1 Å². The van der Waals surface area contributed by atoms with Crippen molar-refractivity contribution in [2.45, 2.75) is 19.4 Å². The molecule has 8 heteroatoms. The van der Waals surface area contributed by atoms with E-state index in [2.05, 4.69) is 0 Å². The van der Waals surface area contributed by atoms with E-state index in [0.717, 1.165) is 6.42 Å². The van der Waals surface area contributed by atoms with Gasteiger partial charge in [-0.2, -0.15) is 0 Å². The van der Waals surface area contributed by atoms with Crippen LogP contribution in [0.1, 0.15) is 30.5 Å². The molecule has 0 aromatic heterocycles. The molecule has 1 amide bonds. The number of carbonyl (C=O) groups is 2. The van der Waals surface area contributed by atoms with E-state index in [1.165, 1.54) is 25.2 Å². The van der Waals surface area contributed by atoms with Gasteiger partial charge in [-0.15, -0.1) is 0 Å². The maximum atomic E-state index is 13.4. The number of aliphatic hydroxyl groups excluding tert-OH is 1. The Balaban J connectivity index is 1.95. The van der Waals surface area contributed by atoms with Gasteiger partial charge in [0.15, 0.2) is 0 Å². The number of nitrogens with zero attached hydrogens (tertiary/aromatic N) is 1. The number of methoxy groups -OCH3 is 2. The third kappa shape index (κ3) is 4.75. The van der Waals surface area contributed by atoms with Crippen molar-refractivity contribution in [3.05, 3.63) is 88.5 Å². The summed E-state index contributed by atoms with van der Waals surface area (Å²) < 4.78 is 16.5. The average Bonchev–Trinajstić information content (AvgIpc) is 3.17. The van der Waals surface area contributed by atoms with Crippen molar-refractivity contribution in [3.63, 3.8) is 0 Å². The van der Waals surface area contributed by atoms with Gasteiger partial charge in [0, 0.05) is 16.8 Å².